The van der Waals surface area contributed by atoms with Gasteiger partial charge in [0.1, 0.15) is 5.82 Å². The van der Waals surface area contributed by atoms with E-state index in [-0.39, 0.29) is 5.78 Å². The molecule has 2 aromatic carbocycles. The molecule has 23 heavy (non-hydrogen) atoms. The molecule has 0 atom stereocenters. The van der Waals surface area contributed by atoms with Crippen molar-refractivity contribution in [3.63, 3.8) is 0 Å². The van der Waals surface area contributed by atoms with Gasteiger partial charge in [-0.25, -0.2) is 4.98 Å². The van der Waals surface area contributed by atoms with Gasteiger partial charge < -0.3 is 9.47 Å². The van der Waals surface area contributed by atoms with Gasteiger partial charge in [-0.1, -0.05) is 40.2 Å². The van der Waals surface area contributed by atoms with Crippen molar-refractivity contribution in [3.8, 4) is 0 Å². The maximum atomic E-state index is 12.6. The Morgan fingerprint density at radius 2 is 1.83 bits per heavy atom. The minimum atomic E-state index is 0.0839. The summed E-state index contributed by atoms with van der Waals surface area (Å²) in [4.78, 5) is 19.4. The lowest BCUT2D eigenvalue weighted by atomic mass is 10.1. The molecule has 1 aromatic heterocycles. The van der Waals surface area contributed by atoms with E-state index in [1.807, 2.05) is 67.2 Å². The Kier molecular flexibility index (Phi) is 4.59. The van der Waals surface area contributed by atoms with Crippen molar-refractivity contribution in [1.82, 2.24) is 14.5 Å². The number of benzene rings is 2. The van der Waals surface area contributed by atoms with E-state index in [0.717, 1.165) is 21.3 Å². The Hall–Kier alpha value is -1.98. The first-order valence-electron chi connectivity index (χ1n) is 7.42. The summed E-state index contributed by atoms with van der Waals surface area (Å²) in [7, 11) is 4.00. The van der Waals surface area contributed by atoms with Crippen molar-refractivity contribution in [1.29, 1.82) is 0 Å². The third kappa shape index (κ3) is 3.51. The number of halogens is 1. The number of hydrogen-bond donors (Lipinski definition) is 0. The number of imidazole rings is 1. The van der Waals surface area contributed by atoms with Gasteiger partial charge in [0, 0.05) is 10.0 Å². The molecule has 0 N–H and O–H groups in total. The maximum absolute atomic E-state index is 12.6. The molecule has 0 radical (unpaired) electrons. The molecule has 0 spiro atoms. The van der Waals surface area contributed by atoms with Gasteiger partial charge >= 0.3 is 0 Å². The number of ketones is 1. The monoisotopic (exact) mass is 371 g/mol. The van der Waals surface area contributed by atoms with E-state index in [0.29, 0.717) is 18.7 Å². The fraction of sp³-hybridized carbons (Fsp3) is 0.222. The Labute approximate surface area is 143 Å². The van der Waals surface area contributed by atoms with Crippen molar-refractivity contribution >= 4 is 32.7 Å². The van der Waals surface area contributed by atoms with Gasteiger partial charge in [-0.05, 0) is 38.4 Å². The number of para-hydroxylation sites is 2. The number of carbonyl (C=O) groups is 1. The van der Waals surface area contributed by atoms with Crippen molar-refractivity contribution < 1.29 is 4.79 Å². The molecule has 3 aromatic rings. The highest BCUT2D eigenvalue weighted by Crippen LogP contribution is 2.18. The molecule has 1 heterocycles. The Balaban J connectivity index is 1.97. The smallest absolute Gasteiger partial charge is 0.182 e. The zero-order valence-corrected chi connectivity index (χ0v) is 14.7. The molecule has 0 bridgehead atoms. The van der Waals surface area contributed by atoms with Gasteiger partial charge in [-0.2, -0.15) is 0 Å². The quantitative estimate of drug-likeness (QED) is 0.641. The minimum absolute atomic E-state index is 0.0839. The van der Waals surface area contributed by atoms with Crippen LogP contribution in [-0.4, -0.2) is 34.3 Å². The zero-order chi connectivity index (χ0) is 16.4. The summed E-state index contributed by atoms with van der Waals surface area (Å²) < 4.78 is 2.98. The van der Waals surface area contributed by atoms with Crippen LogP contribution in [0.1, 0.15) is 16.2 Å². The second-order valence-corrected chi connectivity index (χ2v) is 6.69. The average molecular weight is 372 g/mol. The molecule has 0 unspecified atom stereocenters. The highest BCUT2D eigenvalue weighted by atomic mass is 79.9. The van der Waals surface area contributed by atoms with Gasteiger partial charge in [0.2, 0.25) is 0 Å². The van der Waals surface area contributed by atoms with E-state index in [1.165, 1.54) is 0 Å². The fourth-order valence-electron chi connectivity index (χ4n) is 2.58. The molecular formula is C18H18BrN3O. The third-order valence-electron chi connectivity index (χ3n) is 3.66. The van der Waals surface area contributed by atoms with E-state index in [9.17, 15) is 4.79 Å². The summed E-state index contributed by atoms with van der Waals surface area (Å²) in [5, 5.41) is 0. The van der Waals surface area contributed by atoms with Crippen LogP contribution in [-0.2, 0) is 13.1 Å². The molecule has 0 aliphatic rings. The standard InChI is InChI=1S/C18H18BrN3O/c1-21(2)12-18-20-15-5-3-4-6-16(15)22(18)11-17(23)13-7-9-14(19)10-8-13/h3-10H,11-12H2,1-2H3. The van der Waals surface area contributed by atoms with Crippen LogP contribution in [0.15, 0.2) is 53.0 Å². The van der Waals surface area contributed by atoms with Gasteiger partial charge in [0.25, 0.3) is 0 Å². The minimum Gasteiger partial charge on any atom is -0.319 e. The Bertz CT molecular complexity index is 837. The fourth-order valence-corrected chi connectivity index (χ4v) is 2.84. The first-order valence-corrected chi connectivity index (χ1v) is 8.21. The van der Waals surface area contributed by atoms with Crippen molar-refractivity contribution in [2.75, 3.05) is 14.1 Å². The number of Topliss-reactive ketones (excluding diaryl/α,β-unsaturated/α-hetero) is 1. The van der Waals surface area contributed by atoms with E-state index >= 15 is 0 Å². The first-order chi connectivity index (χ1) is 11.0. The topological polar surface area (TPSA) is 38.1 Å². The van der Waals surface area contributed by atoms with Crippen molar-refractivity contribution in [3.05, 3.63) is 64.4 Å². The SMILES string of the molecule is CN(C)Cc1nc2ccccc2n1CC(=O)c1ccc(Br)cc1. The van der Waals surface area contributed by atoms with Crippen LogP contribution >= 0.6 is 15.9 Å². The van der Waals surface area contributed by atoms with Crippen LogP contribution in [0.5, 0.6) is 0 Å². The first kappa shape index (κ1) is 15.9. The molecule has 3 rings (SSSR count). The van der Waals surface area contributed by atoms with Crippen molar-refractivity contribution in [2.45, 2.75) is 13.1 Å². The Morgan fingerprint density at radius 1 is 1.13 bits per heavy atom. The lowest BCUT2D eigenvalue weighted by Crippen LogP contribution is -2.18. The predicted molar refractivity (Wildman–Crippen MR) is 95.6 cm³/mol. The van der Waals surface area contributed by atoms with E-state index in [1.54, 1.807) is 0 Å². The number of carbonyl (C=O) groups excluding carboxylic acids is 1. The molecule has 0 aliphatic heterocycles. The summed E-state index contributed by atoms with van der Waals surface area (Å²) in [6.45, 7) is 0.994. The molecule has 0 aliphatic carbocycles. The molecule has 0 saturated heterocycles. The summed E-state index contributed by atoms with van der Waals surface area (Å²) >= 11 is 3.39. The Morgan fingerprint density at radius 3 is 2.52 bits per heavy atom. The lowest BCUT2D eigenvalue weighted by Gasteiger charge is -2.12. The highest BCUT2D eigenvalue weighted by molar-refractivity contribution is 9.10. The van der Waals surface area contributed by atoms with E-state index < -0.39 is 0 Å². The number of hydrogen-bond acceptors (Lipinski definition) is 3. The molecular weight excluding hydrogens is 354 g/mol. The van der Waals surface area contributed by atoms with Crippen LogP contribution in [0.25, 0.3) is 11.0 Å². The second kappa shape index (κ2) is 6.64. The van der Waals surface area contributed by atoms with Gasteiger partial charge in [-0.3, -0.25) is 4.79 Å². The van der Waals surface area contributed by atoms with Crippen LogP contribution in [0.4, 0.5) is 0 Å². The molecule has 0 fully saturated rings. The number of fused-ring (bicyclic) bond motifs is 1. The van der Waals surface area contributed by atoms with Crippen LogP contribution in [0.3, 0.4) is 0 Å². The molecule has 118 valence electrons. The van der Waals surface area contributed by atoms with Crippen LogP contribution in [0, 0.1) is 0 Å². The number of aromatic nitrogens is 2. The van der Waals surface area contributed by atoms with Crippen LogP contribution < -0.4 is 0 Å². The maximum Gasteiger partial charge on any atom is 0.182 e. The molecule has 5 heteroatoms. The molecule has 0 amide bonds. The average Bonchev–Trinajstić information content (AvgIpc) is 2.85. The third-order valence-corrected chi connectivity index (χ3v) is 4.19. The number of nitrogens with zero attached hydrogens (tertiary/aromatic N) is 3. The summed E-state index contributed by atoms with van der Waals surface area (Å²) in [6, 6.07) is 15.4. The number of rotatable bonds is 5. The second-order valence-electron chi connectivity index (χ2n) is 5.77. The summed E-state index contributed by atoms with van der Waals surface area (Å²) in [5.74, 6) is 0.988. The van der Waals surface area contributed by atoms with E-state index in [4.69, 9.17) is 0 Å². The van der Waals surface area contributed by atoms with Gasteiger partial charge in [0.05, 0.1) is 24.1 Å². The summed E-state index contributed by atoms with van der Waals surface area (Å²) in [6.07, 6.45) is 0. The largest absolute Gasteiger partial charge is 0.319 e. The highest BCUT2D eigenvalue weighted by Gasteiger charge is 2.15. The summed E-state index contributed by atoms with van der Waals surface area (Å²) in [5.41, 5.74) is 2.63. The van der Waals surface area contributed by atoms with Crippen LogP contribution in [0.2, 0.25) is 0 Å². The van der Waals surface area contributed by atoms with Crippen molar-refractivity contribution in [2.24, 2.45) is 0 Å². The normalized spacial score (nSPS) is 11.3. The van der Waals surface area contributed by atoms with E-state index in [2.05, 4.69) is 25.8 Å². The predicted octanol–water partition coefficient (Wildman–Crippen LogP) is 3.74. The molecule has 4 nitrogen and oxygen atoms in total. The van der Waals surface area contributed by atoms with Gasteiger partial charge in [0.15, 0.2) is 5.78 Å². The van der Waals surface area contributed by atoms with Gasteiger partial charge in [-0.15, -0.1) is 0 Å². The molecule has 0 saturated carbocycles. The zero-order valence-electron chi connectivity index (χ0n) is 13.2. The lowest BCUT2D eigenvalue weighted by molar-refractivity contribution is 0.0971.